The molecule has 134 valence electrons. The molecule has 0 aliphatic heterocycles. The molecule has 1 aromatic heterocycles. The number of benzene rings is 2. The van der Waals surface area contributed by atoms with E-state index in [1.807, 2.05) is 48.5 Å². The largest absolute Gasteiger partial charge is 0.395 e. The SMILES string of the molecule is O=C(C[C@@H](CO)N(Cc1ccccc1)Cc1ccccc1)n1cccc1. The Morgan fingerprint density at radius 3 is 1.81 bits per heavy atom. The van der Waals surface area contributed by atoms with Gasteiger partial charge in [-0.2, -0.15) is 0 Å². The summed E-state index contributed by atoms with van der Waals surface area (Å²) in [7, 11) is 0. The molecule has 0 aliphatic carbocycles. The van der Waals surface area contributed by atoms with Gasteiger partial charge in [-0.3, -0.25) is 14.3 Å². The van der Waals surface area contributed by atoms with E-state index in [4.69, 9.17) is 0 Å². The number of hydrogen-bond donors (Lipinski definition) is 1. The maximum atomic E-state index is 12.5. The fourth-order valence-corrected chi connectivity index (χ4v) is 3.07. The van der Waals surface area contributed by atoms with Crippen LogP contribution in [0.2, 0.25) is 0 Å². The van der Waals surface area contributed by atoms with E-state index >= 15 is 0 Å². The van der Waals surface area contributed by atoms with Crippen molar-refractivity contribution in [3.05, 3.63) is 96.3 Å². The molecule has 0 saturated carbocycles. The average Bonchev–Trinajstić information content (AvgIpc) is 3.22. The number of rotatable bonds is 8. The fourth-order valence-electron chi connectivity index (χ4n) is 3.07. The van der Waals surface area contributed by atoms with Crippen molar-refractivity contribution in [2.45, 2.75) is 25.6 Å². The van der Waals surface area contributed by atoms with Crippen molar-refractivity contribution in [1.82, 2.24) is 9.47 Å². The topological polar surface area (TPSA) is 45.5 Å². The number of carbonyl (C=O) groups is 1. The molecule has 3 rings (SSSR count). The van der Waals surface area contributed by atoms with Crippen LogP contribution in [-0.4, -0.2) is 33.1 Å². The van der Waals surface area contributed by atoms with Crippen LogP contribution >= 0.6 is 0 Å². The summed E-state index contributed by atoms with van der Waals surface area (Å²) in [4.78, 5) is 14.7. The zero-order valence-electron chi connectivity index (χ0n) is 14.7. The molecule has 0 saturated heterocycles. The summed E-state index contributed by atoms with van der Waals surface area (Å²) < 4.78 is 1.58. The minimum Gasteiger partial charge on any atom is -0.395 e. The molecule has 4 heteroatoms. The number of carbonyl (C=O) groups excluding carboxylic acids is 1. The van der Waals surface area contributed by atoms with Gasteiger partial charge < -0.3 is 5.11 Å². The van der Waals surface area contributed by atoms with E-state index < -0.39 is 0 Å². The van der Waals surface area contributed by atoms with E-state index in [-0.39, 0.29) is 25.0 Å². The molecule has 3 aromatic rings. The highest BCUT2D eigenvalue weighted by atomic mass is 16.3. The Balaban J connectivity index is 1.78. The van der Waals surface area contributed by atoms with Crippen molar-refractivity contribution >= 4 is 5.91 Å². The number of hydrogen-bond acceptors (Lipinski definition) is 3. The summed E-state index contributed by atoms with van der Waals surface area (Å²) in [5, 5.41) is 10.00. The molecule has 4 nitrogen and oxygen atoms in total. The molecule has 0 aliphatic rings. The quantitative estimate of drug-likeness (QED) is 0.677. The van der Waals surface area contributed by atoms with Crippen molar-refractivity contribution in [2.24, 2.45) is 0 Å². The molecule has 0 fully saturated rings. The van der Waals surface area contributed by atoms with Crippen LogP contribution in [0.25, 0.3) is 0 Å². The van der Waals surface area contributed by atoms with Gasteiger partial charge in [-0.05, 0) is 23.3 Å². The first-order valence-electron chi connectivity index (χ1n) is 8.85. The second-order valence-electron chi connectivity index (χ2n) is 6.40. The van der Waals surface area contributed by atoms with E-state index in [1.54, 1.807) is 17.0 Å². The minimum absolute atomic E-state index is 0.0137. The predicted octanol–water partition coefficient (Wildman–Crippen LogP) is 3.58. The molecule has 0 spiro atoms. The lowest BCUT2D eigenvalue weighted by Gasteiger charge is -2.30. The second-order valence-corrected chi connectivity index (χ2v) is 6.40. The molecule has 1 atom stereocenters. The summed E-state index contributed by atoms with van der Waals surface area (Å²) >= 11 is 0. The number of aliphatic hydroxyl groups excluding tert-OH is 1. The molecule has 26 heavy (non-hydrogen) atoms. The molecule has 0 amide bonds. The number of aliphatic hydroxyl groups is 1. The Morgan fingerprint density at radius 2 is 1.35 bits per heavy atom. The summed E-state index contributed by atoms with van der Waals surface area (Å²) in [5.41, 5.74) is 2.32. The molecule has 0 unspecified atom stereocenters. The molecular formula is C22H24N2O2. The van der Waals surface area contributed by atoms with Gasteiger partial charge in [-0.15, -0.1) is 0 Å². The van der Waals surface area contributed by atoms with Crippen molar-refractivity contribution in [2.75, 3.05) is 6.61 Å². The monoisotopic (exact) mass is 348 g/mol. The van der Waals surface area contributed by atoms with Crippen molar-refractivity contribution < 1.29 is 9.90 Å². The third-order valence-electron chi connectivity index (χ3n) is 4.49. The van der Waals surface area contributed by atoms with Gasteiger partial charge in [0.1, 0.15) is 0 Å². The van der Waals surface area contributed by atoms with Gasteiger partial charge >= 0.3 is 0 Å². The lowest BCUT2D eigenvalue weighted by Crippen LogP contribution is -2.39. The van der Waals surface area contributed by atoms with Gasteiger partial charge in [0.15, 0.2) is 0 Å². The normalized spacial score (nSPS) is 12.2. The highest BCUT2D eigenvalue weighted by Gasteiger charge is 2.22. The van der Waals surface area contributed by atoms with Gasteiger partial charge in [0.25, 0.3) is 0 Å². The predicted molar refractivity (Wildman–Crippen MR) is 103 cm³/mol. The summed E-state index contributed by atoms with van der Waals surface area (Å²) in [6, 6.07) is 23.7. The summed E-state index contributed by atoms with van der Waals surface area (Å²) in [6.45, 7) is 1.30. The fraction of sp³-hybridized carbons (Fsp3) is 0.227. The minimum atomic E-state index is -0.245. The van der Waals surface area contributed by atoms with Crippen LogP contribution in [0.1, 0.15) is 22.3 Å². The molecular weight excluding hydrogens is 324 g/mol. The lowest BCUT2D eigenvalue weighted by atomic mass is 10.1. The van der Waals surface area contributed by atoms with Crippen LogP contribution in [0, 0.1) is 0 Å². The third kappa shape index (κ3) is 4.91. The van der Waals surface area contributed by atoms with Crippen LogP contribution in [0.4, 0.5) is 0 Å². The number of aromatic nitrogens is 1. The Morgan fingerprint density at radius 1 is 0.846 bits per heavy atom. The van der Waals surface area contributed by atoms with Crippen molar-refractivity contribution in [1.29, 1.82) is 0 Å². The molecule has 2 aromatic carbocycles. The molecule has 1 N–H and O–H groups in total. The van der Waals surface area contributed by atoms with E-state index in [1.165, 1.54) is 0 Å². The van der Waals surface area contributed by atoms with Gasteiger partial charge in [-0.25, -0.2) is 0 Å². The Kier molecular flexibility index (Phi) is 6.36. The highest BCUT2D eigenvalue weighted by molar-refractivity contribution is 5.79. The molecule has 1 heterocycles. The van der Waals surface area contributed by atoms with Crippen LogP contribution in [0.15, 0.2) is 85.2 Å². The number of nitrogens with zero attached hydrogens (tertiary/aromatic N) is 2. The zero-order chi connectivity index (χ0) is 18.2. The zero-order valence-corrected chi connectivity index (χ0v) is 14.7. The van der Waals surface area contributed by atoms with Gasteiger partial charge in [-0.1, -0.05) is 60.7 Å². The van der Waals surface area contributed by atoms with Gasteiger partial charge in [0.05, 0.1) is 6.61 Å². The van der Waals surface area contributed by atoms with Crippen LogP contribution in [-0.2, 0) is 13.1 Å². The van der Waals surface area contributed by atoms with E-state index in [0.29, 0.717) is 13.1 Å². The Bertz CT molecular complexity index is 744. The second kappa shape index (κ2) is 9.13. The highest BCUT2D eigenvalue weighted by Crippen LogP contribution is 2.16. The van der Waals surface area contributed by atoms with Crippen LogP contribution in [0.5, 0.6) is 0 Å². The van der Waals surface area contributed by atoms with Crippen molar-refractivity contribution in [3.63, 3.8) is 0 Å². The third-order valence-corrected chi connectivity index (χ3v) is 4.49. The average molecular weight is 348 g/mol. The van der Waals surface area contributed by atoms with E-state index in [0.717, 1.165) is 11.1 Å². The Labute approximate surface area is 154 Å². The van der Waals surface area contributed by atoms with Crippen LogP contribution < -0.4 is 0 Å². The maximum absolute atomic E-state index is 12.5. The smallest absolute Gasteiger partial charge is 0.232 e. The lowest BCUT2D eigenvalue weighted by molar-refractivity contribution is 0.0713. The maximum Gasteiger partial charge on any atom is 0.232 e. The standard InChI is InChI=1S/C22H24N2O2/c25-18-21(15-22(26)23-13-7-8-14-23)24(16-19-9-3-1-4-10-19)17-20-11-5-2-6-12-20/h1-14,21,25H,15-18H2/t21-/m0/s1. The van der Waals surface area contributed by atoms with Gasteiger partial charge in [0, 0.05) is 37.9 Å². The first-order chi connectivity index (χ1) is 12.8. The van der Waals surface area contributed by atoms with Crippen LogP contribution in [0.3, 0.4) is 0 Å². The van der Waals surface area contributed by atoms with Crippen molar-refractivity contribution in [3.8, 4) is 0 Å². The summed E-state index contributed by atoms with van der Waals surface area (Å²) in [6.07, 6.45) is 3.76. The van der Waals surface area contributed by atoms with Gasteiger partial charge in [0.2, 0.25) is 5.91 Å². The first kappa shape index (κ1) is 18.1. The summed E-state index contributed by atoms with van der Waals surface area (Å²) in [5.74, 6) is -0.0137. The van der Waals surface area contributed by atoms with E-state index in [9.17, 15) is 9.90 Å². The Hall–Kier alpha value is -2.69. The first-order valence-corrected chi connectivity index (χ1v) is 8.85. The molecule has 0 radical (unpaired) electrons. The van der Waals surface area contributed by atoms with E-state index in [2.05, 4.69) is 29.2 Å². The molecule has 0 bridgehead atoms.